The summed E-state index contributed by atoms with van der Waals surface area (Å²) in [5, 5.41) is 2.10. The number of fused-ring (bicyclic) bond motifs is 3. The van der Waals surface area contributed by atoms with E-state index in [1.165, 1.54) is 0 Å². The molecule has 0 aliphatic heterocycles. The molecule has 3 rings (SSSR count). The van der Waals surface area contributed by atoms with Gasteiger partial charge in [-0.3, -0.25) is 4.79 Å². The molecule has 3 aromatic rings. The Bertz CT molecular complexity index is 668. The standard InChI is InChI=1S/C10H6N2OS/c13-10-12-8-7-4-2-1-3-6(7)5-11-9(8)14-10/h1-5H,(H,12,13). The summed E-state index contributed by atoms with van der Waals surface area (Å²) in [7, 11) is 0. The number of H-pyrrole nitrogens is 1. The predicted octanol–water partition coefficient (Wildman–Crippen LogP) is 2.14. The number of hydrogen-bond donors (Lipinski definition) is 1. The van der Waals surface area contributed by atoms with Gasteiger partial charge in [-0.15, -0.1) is 0 Å². The number of hydrogen-bond acceptors (Lipinski definition) is 3. The van der Waals surface area contributed by atoms with Crippen LogP contribution in [0.1, 0.15) is 0 Å². The fourth-order valence-electron chi connectivity index (χ4n) is 1.56. The second-order valence-corrected chi connectivity index (χ2v) is 4.00. The molecule has 0 aliphatic carbocycles. The van der Waals surface area contributed by atoms with E-state index in [2.05, 4.69) is 9.97 Å². The smallest absolute Gasteiger partial charge is 0.307 e. The van der Waals surface area contributed by atoms with E-state index in [0.717, 1.165) is 32.5 Å². The minimum Gasteiger partial charge on any atom is -0.310 e. The first-order valence-electron chi connectivity index (χ1n) is 4.21. The molecule has 1 N–H and O–H groups in total. The first-order chi connectivity index (χ1) is 6.84. The molecule has 0 radical (unpaired) electrons. The van der Waals surface area contributed by atoms with Crippen molar-refractivity contribution in [2.45, 2.75) is 0 Å². The van der Waals surface area contributed by atoms with E-state index in [4.69, 9.17) is 0 Å². The van der Waals surface area contributed by atoms with Crippen molar-refractivity contribution in [1.29, 1.82) is 0 Å². The number of nitrogens with one attached hydrogen (secondary N) is 1. The summed E-state index contributed by atoms with van der Waals surface area (Å²) in [6.45, 7) is 0. The molecule has 1 aromatic carbocycles. The van der Waals surface area contributed by atoms with Crippen molar-refractivity contribution < 1.29 is 0 Å². The number of aromatic nitrogens is 2. The number of nitrogens with zero attached hydrogens (tertiary/aromatic N) is 1. The lowest BCUT2D eigenvalue weighted by Crippen LogP contribution is -1.90. The fourth-order valence-corrected chi connectivity index (χ4v) is 2.26. The summed E-state index contributed by atoms with van der Waals surface area (Å²) in [5.41, 5.74) is 0.845. The molecule has 0 fully saturated rings. The Balaban J connectivity index is 2.66. The summed E-state index contributed by atoms with van der Waals surface area (Å²) in [4.78, 5) is 18.9. The van der Waals surface area contributed by atoms with E-state index in [1.54, 1.807) is 6.20 Å². The van der Waals surface area contributed by atoms with Gasteiger partial charge in [0, 0.05) is 17.0 Å². The fraction of sp³-hybridized carbons (Fsp3) is 0. The third-order valence-corrected chi connectivity index (χ3v) is 2.97. The van der Waals surface area contributed by atoms with E-state index in [-0.39, 0.29) is 4.87 Å². The number of pyridine rings is 1. The minimum absolute atomic E-state index is 0.0520. The highest BCUT2D eigenvalue weighted by molar-refractivity contribution is 7.16. The lowest BCUT2D eigenvalue weighted by Gasteiger charge is -1.96. The van der Waals surface area contributed by atoms with Gasteiger partial charge in [-0.2, -0.15) is 0 Å². The molecule has 0 saturated carbocycles. The average molecular weight is 202 g/mol. The second kappa shape index (κ2) is 2.65. The van der Waals surface area contributed by atoms with E-state index >= 15 is 0 Å². The highest BCUT2D eigenvalue weighted by Crippen LogP contribution is 2.22. The average Bonchev–Trinajstić information content (AvgIpc) is 2.59. The quantitative estimate of drug-likeness (QED) is 0.607. The molecule has 0 amide bonds. The van der Waals surface area contributed by atoms with Gasteiger partial charge >= 0.3 is 4.87 Å². The van der Waals surface area contributed by atoms with E-state index in [9.17, 15) is 4.79 Å². The molecule has 2 aromatic heterocycles. The van der Waals surface area contributed by atoms with Crippen LogP contribution in [0.25, 0.3) is 21.1 Å². The lowest BCUT2D eigenvalue weighted by molar-refractivity contribution is 1.40. The summed E-state index contributed by atoms with van der Waals surface area (Å²) in [6, 6.07) is 7.89. The van der Waals surface area contributed by atoms with Crippen LogP contribution in [-0.4, -0.2) is 9.97 Å². The van der Waals surface area contributed by atoms with Crippen LogP contribution >= 0.6 is 11.3 Å². The van der Waals surface area contributed by atoms with Crippen LogP contribution in [0.3, 0.4) is 0 Å². The Labute approximate surface area is 83.0 Å². The van der Waals surface area contributed by atoms with Crippen molar-refractivity contribution in [3.05, 3.63) is 40.1 Å². The van der Waals surface area contributed by atoms with Crippen LogP contribution in [0.15, 0.2) is 35.3 Å². The molecule has 0 bridgehead atoms. The molecule has 0 spiro atoms. The Hall–Kier alpha value is -1.68. The molecule has 0 unspecified atom stereocenters. The monoisotopic (exact) mass is 202 g/mol. The van der Waals surface area contributed by atoms with Gasteiger partial charge in [-0.05, 0) is 0 Å². The van der Waals surface area contributed by atoms with Crippen LogP contribution < -0.4 is 4.87 Å². The van der Waals surface area contributed by atoms with Crippen molar-refractivity contribution in [3.63, 3.8) is 0 Å². The number of benzene rings is 1. The maximum absolute atomic E-state index is 11.2. The third-order valence-electron chi connectivity index (χ3n) is 2.18. The molecular formula is C10H6N2OS. The van der Waals surface area contributed by atoms with Gasteiger partial charge in [-0.25, -0.2) is 4.98 Å². The zero-order valence-corrected chi connectivity index (χ0v) is 7.97. The second-order valence-electron chi connectivity index (χ2n) is 3.04. The highest BCUT2D eigenvalue weighted by Gasteiger charge is 2.03. The summed E-state index contributed by atoms with van der Waals surface area (Å²) in [6.07, 6.45) is 1.79. The molecule has 3 nitrogen and oxygen atoms in total. The van der Waals surface area contributed by atoms with Crippen LogP contribution in [0.5, 0.6) is 0 Å². The van der Waals surface area contributed by atoms with Crippen LogP contribution in [0, 0.1) is 0 Å². The number of aromatic amines is 1. The first-order valence-corrected chi connectivity index (χ1v) is 5.03. The minimum atomic E-state index is -0.0520. The largest absolute Gasteiger partial charge is 0.310 e. The van der Waals surface area contributed by atoms with Gasteiger partial charge < -0.3 is 4.98 Å². The Morgan fingerprint density at radius 2 is 2.14 bits per heavy atom. The SMILES string of the molecule is O=c1[nH]c2c(ncc3ccccc32)s1. The summed E-state index contributed by atoms with van der Waals surface area (Å²) >= 11 is 1.14. The molecule has 4 heteroatoms. The van der Waals surface area contributed by atoms with Gasteiger partial charge in [0.1, 0.15) is 4.83 Å². The van der Waals surface area contributed by atoms with Gasteiger partial charge in [0.25, 0.3) is 0 Å². The highest BCUT2D eigenvalue weighted by atomic mass is 32.1. The molecule has 2 heterocycles. The van der Waals surface area contributed by atoms with Crippen LogP contribution in [-0.2, 0) is 0 Å². The van der Waals surface area contributed by atoms with Crippen molar-refractivity contribution >= 4 is 32.5 Å². The first kappa shape index (κ1) is 7.70. The third kappa shape index (κ3) is 0.975. The van der Waals surface area contributed by atoms with Gasteiger partial charge in [0.05, 0.1) is 5.52 Å². The van der Waals surface area contributed by atoms with Gasteiger partial charge in [-0.1, -0.05) is 35.6 Å². The van der Waals surface area contributed by atoms with E-state index in [1.807, 2.05) is 24.3 Å². The Kier molecular flexibility index (Phi) is 1.46. The van der Waals surface area contributed by atoms with Crippen molar-refractivity contribution in [3.8, 4) is 0 Å². The molecular weight excluding hydrogens is 196 g/mol. The van der Waals surface area contributed by atoms with E-state index in [0.29, 0.717) is 0 Å². The molecule has 0 atom stereocenters. The zero-order valence-electron chi connectivity index (χ0n) is 7.15. The molecule has 0 saturated heterocycles. The molecule has 68 valence electrons. The maximum Gasteiger partial charge on any atom is 0.307 e. The van der Waals surface area contributed by atoms with Gasteiger partial charge in [0.2, 0.25) is 0 Å². The number of thiazole rings is 1. The topological polar surface area (TPSA) is 45.8 Å². The lowest BCUT2D eigenvalue weighted by atomic mass is 10.2. The summed E-state index contributed by atoms with van der Waals surface area (Å²) in [5.74, 6) is 0. The molecule has 0 aliphatic rings. The van der Waals surface area contributed by atoms with E-state index < -0.39 is 0 Å². The zero-order chi connectivity index (χ0) is 9.54. The van der Waals surface area contributed by atoms with Gasteiger partial charge in [0.15, 0.2) is 0 Å². The van der Waals surface area contributed by atoms with Crippen molar-refractivity contribution in [2.24, 2.45) is 0 Å². The van der Waals surface area contributed by atoms with Crippen molar-refractivity contribution in [2.75, 3.05) is 0 Å². The Morgan fingerprint density at radius 3 is 3.07 bits per heavy atom. The maximum atomic E-state index is 11.2. The van der Waals surface area contributed by atoms with Crippen LogP contribution in [0.4, 0.5) is 0 Å². The normalized spacial score (nSPS) is 11.1. The Morgan fingerprint density at radius 1 is 1.29 bits per heavy atom. The van der Waals surface area contributed by atoms with Crippen molar-refractivity contribution in [1.82, 2.24) is 9.97 Å². The van der Waals surface area contributed by atoms with Crippen LogP contribution in [0.2, 0.25) is 0 Å². The summed E-state index contributed by atoms with van der Waals surface area (Å²) < 4.78 is 0. The predicted molar refractivity (Wildman–Crippen MR) is 57.7 cm³/mol. The molecule has 14 heavy (non-hydrogen) atoms. The number of rotatable bonds is 0.